The van der Waals surface area contributed by atoms with Crippen LogP contribution in [0.3, 0.4) is 0 Å². The van der Waals surface area contributed by atoms with Crippen molar-refractivity contribution < 1.29 is 4.74 Å². The lowest BCUT2D eigenvalue weighted by Crippen LogP contribution is -2.33. The Morgan fingerprint density at radius 1 is 1.48 bits per heavy atom. The molecule has 110 valence electrons. The summed E-state index contributed by atoms with van der Waals surface area (Å²) in [7, 11) is 0. The van der Waals surface area contributed by atoms with Crippen molar-refractivity contribution in [1.29, 1.82) is 5.26 Å². The van der Waals surface area contributed by atoms with Gasteiger partial charge in [-0.2, -0.15) is 5.26 Å². The van der Waals surface area contributed by atoms with E-state index in [0.717, 1.165) is 12.0 Å². The van der Waals surface area contributed by atoms with Gasteiger partial charge in [-0.15, -0.1) is 0 Å². The first-order valence-corrected chi connectivity index (χ1v) is 7.07. The van der Waals surface area contributed by atoms with Crippen molar-refractivity contribution >= 4 is 17.3 Å². The molecular formula is C15H17ClN4O. The van der Waals surface area contributed by atoms with E-state index in [0.29, 0.717) is 28.6 Å². The second kappa shape index (κ2) is 6.42. The van der Waals surface area contributed by atoms with E-state index in [4.69, 9.17) is 22.1 Å². The number of allylic oxidation sites excluding steroid dienone is 1. The van der Waals surface area contributed by atoms with Crippen LogP contribution in [-0.2, 0) is 11.2 Å². The highest BCUT2D eigenvalue weighted by Crippen LogP contribution is 2.33. The molecule has 1 aliphatic rings. The molecular weight excluding hydrogens is 288 g/mol. The molecule has 0 spiro atoms. The number of nitrogens with two attached hydrogens (primary N) is 1. The highest BCUT2D eigenvalue weighted by Gasteiger charge is 2.28. The molecule has 0 amide bonds. The quantitative estimate of drug-likeness (QED) is 0.837. The Kier molecular flexibility index (Phi) is 4.61. The third-order valence-corrected chi connectivity index (χ3v) is 3.44. The normalized spacial score (nSPS) is 16.1. The molecule has 0 saturated heterocycles. The Bertz CT molecular complexity index is 646. The van der Waals surface area contributed by atoms with Crippen molar-refractivity contribution in [3.8, 4) is 6.07 Å². The van der Waals surface area contributed by atoms with Crippen LogP contribution < -0.4 is 16.2 Å². The molecule has 1 heterocycles. The van der Waals surface area contributed by atoms with Crippen LogP contribution in [0.4, 0.5) is 5.69 Å². The zero-order chi connectivity index (χ0) is 15.4. The van der Waals surface area contributed by atoms with Gasteiger partial charge in [-0.1, -0.05) is 24.6 Å². The molecule has 1 aromatic rings. The predicted octanol–water partition coefficient (Wildman–Crippen LogP) is 2.80. The van der Waals surface area contributed by atoms with Gasteiger partial charge in [0, 0.05) is 0 Å². The number of benzene rings is 1. The number of halogens is 1. The largest absolute Gasteiger partial charge is 0.499 e. The summed E-state index contributed by atoms with van der Waals surface area (Å²) in [6.45, 7) is 4.43. The van der Waals surface area contributed by atoms with E-state index in [-0.39, 0.29) is 5.82 Å². The standard InChI is InChI=1S/C15H17ClN4O/c1-3-10-5-6-13(12(16)7-10)20-14(9-21-4-2)11(8-17)15(18)19-20/h5-7,9,19H,3-4,18H2,1-2H3. The Morgan fingerprint density at radius 3 is 2.81 bits per heavy atom. The molecule has 6 heteroatoms. The van der Waals surface area contributed by atoms with E-state index in [2.05, 4.69) is 18.4 Å². The van der Waals surface area contributed by atoms with Crippen LogP contribution in [0.1, 0.15) is 19.4 Å². The van der Waals surface area contributed by atoms with Gasteiger partial charge in [-0.3, -0.25) is 5.43 Å². The van der Waals surface area contributed by atoms with E-state index in [1.165, 1.54) is 6.26 Å². The van der Waals surface area contributed by atoms with Gasteiger partial charge in [0.2, 0.25) is 0 Å². The van der Waals surface area contributed by atoms with Crippen LogP contribution in [0.25, 0.3) is 0 Å². The first-order valence-electron chi connectivity index (χ1n) is 6.69. The van der Waals surface area contributed by atoms with E-state index in [9.17, 15) is 5.26 Å². The minimum absolute atomic E-state index is 0.277. The van der Waals surface area contributed by atoms with Gasteiger partial charge in [0.1, 0.15) is 29.4 Å². The zero-order valence-corrected chi connectivity index (χ0v) is 12.7. The van der Waals surface area contributed by atoms with Crippen molar-refractivity contribution in [1.82, 2.24) is 5.43 Å². The van der Waals surface area contributed by atoms with Gasteiger partial charge in [-0.05, 0) is 31.0 Å². The molecule has 0 unspecified atom stereocenters. The van der Waals surface area contributed by atoms with Crippen molar-refractivity contribution in [3.05, 3.63) is 52.1 Å². The lowest BCUT2D eigenvalue weighted by Gasteiger charge is -2.22. The zero-order valence-electron chi connectivity index (χ0n) is 12.0. The fraction of sp³-hybridized carbons (Fsp3) is 0.267. The van der Waals surface area contributed by atoms with Crippen molar-refractivity contribution in [2.45, 2.75) is 20.3 Å². The number of anilines is 1. The molecule has 1 aliphatic heterocycles. The molecule has 5 nitrogen and oxygen atoms in total. The maximum absolute atomic E-state index is 9.24. The summed E-state index contributed by atoms with van der Waals surface area (Å²) in [5.41, 5.74) is 11.5. The minimum Gasteiger partial charge on any atom is -0.499 e. The molecule has 0 fully saturated rings. The summed E-state index contributed by atoms with van der Waals surface area (Å²) < 4.78 is 5.31. The van der Waals surface area contributed by atoms with Crippen molar-refractivity contribution in [2.75, 3.05) is 11.6 Å². The third kappa shape index (κ3) is 2.91. The SMILES string of the molecule is CCOC=C1C(C#N)=C(N)NN1c1ccc(CC)cc1Cl. The molecule has 0 atom stereocenters. The fourth-order valence-electron chi connectivity index (χ4n) is 2.02. The number of nitriles is 1. The van der Waals surface area contributed by atoms with Crippen LogP contribution in [0.2, 0.25) is 5.02 Å². The van der Waals surface area contributed by atoms with Gasteiger partial charge in [0.25, 0.3) is 0 Å². The van der Waals surface area contributed by atoms with Gasteiger partial charge in [-0.25, -0.2) is 5.01 Å². The van der Waals surface area contributed by atoms with E-state index < -0.39 is 0 Å². The van der Waals surface area contributed by atoms with Crippen LogP contribution in [-0.4, -0.2) is 6.61 Å². The molecule has 1 aromatic carbocycles. The number of ether oxygens (including phenoxy) is 1. The number of nitrogens with one attached hydrogen (secondary N) is 1. The Morgan fingerprint density at radius 2 is 2.24 bits per heavy atom. The topological polar surface area (TPSA) is 74.3 Å². The van der Waals surface area contributed by atoms with Crippen LogP contribution in [0.15, 0.2) is 41.6 Å². The van der Waals surface area contributed by atoms with Gasteiger partial charge in [0.05, 0.1) is 17.3 Å². The lowest BCUT2D eigenvalue weighted by molar-refractivity contribution is 0.266. The highest BCUT2D eigenvalue weighted by molar-refractivity contribution is 6.33. The van der Waals surface area contributed by atoms with Crippen molar-refractivity contribution in [3.63, 3.8) is 0 Å². The maximum Gasteiger partial charge on any atom is 0.136 e. The molecule has 2 rings (SSSR count). The summed E-state index contributed by atoms with van der Waals surface area (Å²) in [5, 5.41) is 11.5. The average Bonchev–Trinajstić information content (AvgIpc) is 2.80. The van der Waals surface area contributed by atoms with Gasteiger partial charge >= 0.3 is 0 Å². The predicted molar refractivity (Wildman–Crippen MR) is 83.0 cm³/mol. The number of hydrogen-bond donors (Lipinski definition) is 2. The smallest absolute Gasteiger partial charge is 0.136 e. The van der Waals surface area contributed by atoms with E-state index in [1.54, 1.807) is 5.01 Å². The maximum atomic E-state index is 9.24. The summed E-state index contributed by atoms with van der Waals surface area (Å²) in [6, 6.07) is 7.85. The van der Waals surface area contributed by atoms with Crippen LogP contribution in [0, 0.1) is 11.3 Å². The monoisotopic (exact) mass is 304 g/mol. The summed E-state index contributed by atoms with van der Waals surface area (Å²) in [5.74, 6) is 0.277. The first-order chi connectivity index (χ1) is 10.1. The second-order valence-electron chi connectivity index (χ2n) is 4.45. The number of hydrazine groups is 1. The lowest BCUT2D eigenvalue weighted by atomic mass is 10.1. The Balaban J connectivity index is 2.42. The fourth-order valence-corrected chi connectivity index (χ4v) is 2.31. The molecule has 21 heavy (non-hydrogen) atoms. The molecule has 0 saturated carbocycles. The highest BCUT2D eigenvalue weighted by atomic mass is 35.5. The molecule has 0 aliphatic carbocycles. The number of rotatable bonds is 4. The van der Waals surface area contributed by atoms with Crippen molar-refractivity contribution in [2.24, 2.45) is 5.73 Å². The Hall–Kier alpha value is -2.32. The molecule has 0 bridgehead atoms. The van der Waals surface area contributed by atoms with Gasteiger partial charge < -0.3 is 10.5 Å². The van der Waals surface area contributed by atoms with E-state index in [1.807, 2.05) is 25.1 Å². The molecule has 0 radical (unpaired) electrons. The second-order valence-corrected chi connectivity index (χ2v) is 4.85. The number of aryl methyl sites for hydroxylation is 1. The summed E-state index contributed by atoms with van der Waals surface area (Å²) in [6.07, 6.45) is 2.41. The molecule has 0 aromatic heterocycles. The average molecular weight is 305 g/mol. The van der Waals surface area contributed by atoms with Crippen LogP contribution >= 0.6 is 11.6 Å². The summed E-state index contributed by atoms with van der Waals surface area (Å²) >= 11 is 6.33. The Labute approximate surface area is 129 Å². The first kappa shape index (κ1) is 15.1. The number of nitrogens with zero attached hydrogens (tertiary/aromatic N) is 2. The van der Waals surface area contributed by atoms with E-state index >= 15 is 0 Å². The summed E-state index contributed by atoms with van der Waals surface area (Å²) in [4.78, 5) is 0. The third-order valence-electron chi connectivity index (χ3n) is 3.13. The molecule has 3 N–H and O–H groups in total. The van der Waals surface area contributed by atoms with Crippen LogP contribution in [0.5, 0.6) is 0 Å². The minimum atomic E-state index is 0.277. The number of hydrogen-bond acceptors (Lipinski definition) is 5. The van der Waals surface area contributed by atoms with Gasteiger partial charge in [0.15, 0.2) is 0 Å².